The van der Waals surface area contributed by atoms with E-state index in [0.29, 0.717) is 11.1 Å². The maximum Gasteiger partial charge on any atom is 0.270 e. The highest BCUT2D eigenvalue weighted by Gasteiger charge is 2.20. The maximum absolute atomic E-state index is 11.0. The SMILES string of the molecule is Nn1c(-c2ccc([N+](=O)[O-])cc2C(O)=C2C=CC=C2)n[nH]c1=S. The first-order valence-corrected chi connectivity index (χ1v) is 6.89. The third kappa shape index (κ3) is 2.53. The number of hydrogen-bond acceptors (Lipinski definition) is 6. The Balaban J connectivity index is 2.28. The first-order valence-electron chi connectivity index (χ1n) is 6.48. The summed E-state index contributed by atoms with van der Waals surface area (Å²) in [4.78, 5) is 10.5. The number of nitrogens with two attached hydrogens (primary N) is 1. The molecule has 9 heteroatoms. The van der Waals surface area contributed by atoms with Gasteiger partial charge in [-0.05, 0) is 18.3 Å². The summed E-state index contributed by atoms with van der Waals surface area (Å²) in [5.74, 6) is 5.97. The number of non-ortho nitro benzene ring substituents is 1. The highest BCUT2D eigenvalue weighted by Crippen LogP contribution is 2.32. The average Bonchev–Trinajstić information content (AvgIpc) is 3.18. The number of rotatable bonds is 3. The molecule has 0 unspecified atom stereocenters. The highest BCUT2D eigenvalue weighted by molar-refractivity contribution is 7.71. The molecular formula is C14H11N5O3S. The Morgan fingerprint density at radius 3 is 2.65 bits per heavy atom. The number of hydrogen-bond donors (Lipinski definition) is 3. The van der Waals surface area contributed by atoms with Gasteiger partial charge in [0, 0.05) is 28.8 Å². The van der Waals surface area contributed by atoms with Gasteiger partial charge in [0.05, 0.1) is 4.92 Å². The van der Waals surface area contributed by atoms with E-state index in [2.05, 4.69) is 10.2 Å². The summed E-state index contributed by atoms with van der Waals surface area (Å²) in [5.41, 5.74) is 1.04. The van der Waals surface area contributed by atoms with Crippen LogP contribution >= 0.6 is 12.2 Å². The standard InChI is InChI=1S/C14H11N5O3S/c15-18-13(16-17-14(18)23)10-6-5-9(19(21)22)7-11(10)12(20)8-3-1-2-4-8/h1-7,20H,15H2,(H,17,23). The number of nitro benzene ring substituents is 1. The second kappa shape index (κ2) is 5.54. The number of H-pyrrole nitrogens is 1. The smallest absolute Gasteiger partial charge is 0.270 e. The van der Waals surface area contributed by atoms with Gasteiger partial charge in [0.25, 0.3) is 5.69 Å². The van der Waals surface area contributed by atoms with Crippen LogP contribution in [-0.2, 0) is 0 Å². The van der Waals surface area contributed by atoms with Crippen molar-refractivity contribution in [2.45, 2.75) is 0 Å². The topological polar surface area (TPSA) is 123 Å². The Hall–Kier alpha value is -3.20. The van der Waals surface area contributed by atoms with E-state index in [1.165, 1.54) is 18.2 Å². The molecule has 0 aliphatic heterocycles. The minimum absolute atomic E-state index is 0.109. The van der Waals surface area contributed by atoms with Crippen molar-refractivity contribution >= 4 is 23.7 Å². The lowest BCUT2D eigenvalue weighted by molar-refractivity contribution is -0.384. The van der Waals surface area contributed by atoms with Crippen LogP contribution in [0.4, 0.5) is 5.69 Å². The molecule has 0 bridgehead atoms. The molecule has 116 valence electrons. The molecule has 1 aliphatic carbocycles. The van der Waals surface area contributed by atoms with Crippen LogP contribution in [0.5, 0.6) is 0 Å². The van der Waals surface area contributed by atoms with E-state index in [4.69, 9.17) is 18.1 Å². The molecule has 3 rings (SSSR count). The predicted molar refractivity (Wildman–Crippen MR) is 87.5 cm³/mol. The fraction of sp³-hybridized carbons (Fsp3) is 0. The van der Waals surface area contributed by atoms with Crippen molar-refractivity contribution in [3.05, 3.63) is 68.5 Å². The van der Waals surface area contributed by atoms with E-state index in [-0.39, 0.29) is 27.6 Å². The largest absolute Gasteiger partial charge is 0.507 e. The van der Waals surface area contributed by atoms with Gasteiger partial charge in [0.1, 0.15) is 5.76 Å². The number of allylic oxidation sites excluding steroid dienone is 5. The summed E-state index contributed by atoms with van der Waals surface area (Å²) >= 11 is 4.97. The maximum atomic E-state index is 11.0. The Morgan fingerprint density at radius 1 is 1.39 bits per heavy atom. The zero-order valence-corrected chi connectivity index (χ0v) is 12.4. The molecule has 0 radical (unpaired) electrons. The molecule has 23 heavy (non-hydrogen) atoms. The second-order valence-corrected chi connectivity index (χ2v) is 5.12. The van der Waals surface area contributed by atoms with Gasteiger partial charge in [-0.3, -0.25) is 10.1 Å². The summed E-state index contributed by atoms with van der Waals surface area (Å²) in [5, 5.41) is 28.1. The van der Waals surface area contributed by atoms with Crippen molar-refractivity contribution in [1.29, 1.82) is 0 Å². The Morgan fingerprint density at radius 2 is 2.09 bits per heavy atom. The van der Waals surface area contributed by atoms with Gasteiger partial charge in [0.15, 0.2) is 5.82 Å². The van der Waals surface area contributed by atoms with Crippen LogP contribution in [0.25, 0.3) is 17.1 Å². The minimum atomic E-state index is -0.537. The van der Waals surface area contributed by atoms with Gasteiger partial charge in [-0.25, -0.2) is 9.77 Å². The molecule has 0 amide bonds. The number of aromatic nitrogens is 3. The van der Waals surface area contributed by atoms with E-state index in [9.17, 15) is 15.2 Å². The van der Waals surface area contributed by atoms with Crippen LogP contribution in [0.3, 0.4) is 0 Å². The predicted octanol–water partition coefficient (Wildman–Crippen LogP) is 2.62. The third-order valence-corrected chi connectivity index (χ3v) is 3.64. The summed E-state index contributed by atoms with van der Waals surface area (Å²) in [6.07, 6.45) is 6.89. The quantitative estimate of drug-likeness (QED) is 0.261. The van der Waals surface area contributed by atoms with Crippen LogP contribution in [0.1, 0.15) is 5.56 Å². The van der Waals surface area contributed by atoms with Crippen molar-refractivity contribution in [1.82, 2.24) is 14.9 Å². The van der Waals surface area contributed by atoms with E-state index < -0.39 is 4.92 Å². The molecule has 0 atom stereocenters. The number of aliphatic hydroxyl groups excluding tert-OH is 1. The van der Waals surface area contributed by atoms with Gasteiger partial charge in [-0.15, -0.1) is 0 Å². The monoisotopic (exact) mass is 329 g/mol. The van der Waals surface area contributed by atoms with Crippen molar-refractivity contribution in [3.63, 3.8) is 0 Å². The van der Waals surface area contributed by atoms with Crippen LogP contribution in [0.2, 0.25) is 0 Å². The van der Waals surface area contributed by atoms with Crippen LogP contribution in [-0.4, -0.2) is 24.9 Å². The van der Waals surface area contributed by atoms with Crippen molar-refractivity contribution in [2.24, 2.45) is 0 Å². The number of benzene rings is 1. The highest BCUT2D eigenvalue weighted by atomic mass is 32.1. The van der Waals surface area contributed by atoms with Gasteiger partial charge in [0.2, 0.25) is 4.77 Å². The first-order chi connectivity index (χ1) is 11.0. The third-order valence-electron chi connectivity index (χ3n) is 3.35. The zero-order chi connectivity index (χ0) is 16.6. The van der Waals surface area contributed by atoms with Gasteiger partial charge >= 0.3 is 0 Å². The lowest BCUT2D eigenvalue weighted by atomic mass is 10.0. The summed E-state index contributed by atoms with van der Waals surface area (Å²) in [6.45, 7) is 0. The molecule has 0 fully saturated rings. The van der Waals surface area contributed by atoms with E-state index in [0.717, 1.165) is 4.68 Å². The van der Waals surface area contributed by atoms with Gasteiger partial charge < -0.3 is 10.9 Å². The fourth-order valence-corrected chi connectivity index (χ4v) is 2.35. The number of aromatic amines is 1. The molecule has 1 heterocycles. The Kier molecular flexibility index (Phi) is 3.54. The van der Waals surface area contributed by atoms with Crippen molar-refractivity contribution in [2.75, 3.05) is 5.84 Å². The molecule has 1 aromatic heterocycles. The number of nitro groups is 1. The molecule has 2 aromatic rings. The number of nitrogen functional groups attached to an aromatic ring is 1. The molecule has 0 saturated carbocycles. The van der Waals surface area contributed by atoms with Crippen LogP contribution < -0.4 is 5.84 Å². The lowest BCUT2D eigenvalue weighted by Gasteiger charge is -2.09. The minimum Gasteiger partial charge on any atom is -0.507 e. The summed E-state index contributed by atoms with van der Waals surface area (Å²) in [6, 6.07) is 4.06. The van der Waals surface area contributed by atoms with Gasteiger partial charge in [-0.1, -0.05) is 24.3 Å². The second-order valence-electron chi connectivity index (χ2n) is 4.73. The van der Waals surface area contributed by atoms with Gasteiger partial charge in [-0.2, -0.15) is 5.10 Å². The number of nitrogens with zero attached hydrogens (tertiary/aromatic N) is 3. The zero-order valence-electron chi connectivity index (χ0n) is 11.6. The van der Waals surface area contributed by atoms with Crippen LogP contribution in [0.15, 0.2) is 48.1 Å². The average molecular weight is 329 g/mol. The Labute approximate surface area is 135 Å². The summed E-state index contributed by atoms with van der Waals surface area (Å²) in [7, 11) is 0. The first kappa shape index (κ1) is 14.7. The molecule has 1 aliphatic rings. The molecular weight excluding hydrogens is 318 g/mol. The molecule has 8 nitrogen and oxygen atoms in total. The molecule has 0 saturated heterocycles. The molecule has 0 spiro atoms. The van der Waals surface area contributed by atoms with E-state index >= 15 is 0 Å². The van der Waals surface area contributed by atoms with E-state index in [1.54, 1.807) is 24.3 Å². The lowest BCUT2D eigenvalue weighted by Crippen LogP contribution is -2.11. The summed E-state index contributed by atoms with van der Waals surface area (Å²) < 4.78 is 1.33. The number of aliphatic hydroxyl groups is 1. The molecule has 1 aromatic carbocycles. The number of nitrogens with one attached hydrogen (secondary N) is 1. The van der Waals surface area contributed by atoms with E-state index in [1.807, 2.05) is 0 Å². The van der Waals surface area contributed by atoms with Crippen molar-refractivity contribution in [3.8, 4) is 11.4 Å². The normalized spacial score (nSPS) is 12.8. The Bertz CT molecular complexity index is 938. The fourth-order valence-electron chi connectivity index (χ4n) is 2.22. The molecule has 4 N–H and O–H groups in total. The van der Waals surface area contributed by atoms with Crippen LogP contribution in [0, 0.1) is 14.9 Å². The van der Waals surface area contributed by atoms with Crippen molar-refractivity contribution < 1.29 is 10.0 Å².